The lowest BCUT2D eigenvalue weighted by Gasteiger charge is -2.15. The highest BCUT2D eigenvalue weighted by atomic mass is 32.2. The van der Waals surface area contributed by atoms with E-state index < -0.39 is 16.1 Å². The third-order valence-corrected chi connectivity index (χ3v) is 4.79. The van der Waals surface area contributed by atoms with Gasteiger partial charge in [0.15, 0.2) is 0 Å². The second kappa shape index (κ2) is 7.90. The molecule has 1 unspecified atom stereocenters. The molecule has 0 saturated carbocycles. The Hall–Kier alpha value is -2.43. The smallest absolute Gasteiger partial charge is 0.240 e. The van der Waals surface area contributed by atoms with Crippen LogP contribution in [0.1, 0.15) is 12.5 Å². The maximum atomic E-state index is 12.8. The Kier molecular flexibility index (Phi) is 5.90. The molecule has 0 heterocycles. The number of benzene rings is 2. The van der Waals surface area contributed by atoms with Crippen molar-refractivity contribution >= 4 is 10.0 Å². The van der Waals surface area contributed by atoms with E-state index in [1.54, 1.807) is 19.1 Å². The highest BCUT2D eigenvalue weighted by Gasteiger charge is 2.17. The molecule has 1 atom stereocenters. The molecular formula is C17H17FN2O3S. The quantitative estimate of drug-likeness (QED) is 0.834. The van der Waals surface area contributed by atoms with E-state index in [0.717, 1.165) is 5.56 Å². The molecule has 5 nitrogen and oxygen atoms in total. The zero-order chi connectivity index (χ0) is 17.6. The van der Waals surface area contributed by atoms with Gasteiger partial charge in [-0.05, 0) is 48.9 Å². The van der Waals surface area contributed by atoms with Gasteiger partial charge in [0.05, 0.1) is 23.4 Å². The molecule has 0 amide bonds. The molecule has 2 aromatic rings. The van der Waals surface area contributed by atoms with Crippen LogP contribution in [0.25, 0.3) is 0 Å². The third-order valence-electron chi connectivity index (χ3n) is 3.19. The number of nitriles is 1. The highest BCUT2D eigenvalue weighted by Crippen LogP contribution is 2.13. The summed E-state index contributed by atoms with van der Waals surface area (Å²) in [7, 11) is -3.68. The van der Waals surface area contributed by atoms with Crippen molar-refractivity contribution < 1.29 is 17.5 Å². The van der Waals surface area contributed by atoms with Crippen LogP contribution in [-0.2, 0) is 16.4 Å². The SMILES string of the molecule is CC(COc1ccc(F)cc1)NS(=O)(=O)c1ccc(CC#N)cc1. The number of ether oxygens (including phenoxy) is 1. The fourth-order valence-corrected chi connectivity index (χ4v) is 3.22. The van der Waals surface area contributed by atoms with Crippen molar-refractivity contribution in [3.05, 3.63) is 59.9 Å². The summed E-state index contributed by atoms with van der Waals surface area (Å²) in [5.74, 6) is 0.0965. The molecule has 24 heavy (non-hydrogen) atoms. The number of hydrogen-bond acceptors (Lipinski definition) is 4. The van der Waals surface area contributed by atoms with Crippen LogP contribution in [0.2, 0.25) is 0 Å². The van der Waals surface area contributed by atoms with Crippen LogP contribution in [0.4, 0.5) is 4.39 Å². The Morgan fingerprint density at radius 1 is 1.17 bits per heavy atom. The van der Waals surface area contributed by atoms with Crippen molar-refractivity contribution in [3.8, 4) is 11.8 Å². The van der Waals surface area contributed by atoms with Crippen molar-refractivity contribution in [3.63, 3.8) is 0 Å². The minimum Gasteiger partial charge on any atom is -0.492 e. The van der Waals surface area contributed by atoms with Crippen molar-refractivity contribution in [1.82, 2.24) is 4.72 Å². The van der Waals surface area contributed by atoms with Crippen LogP contribution in [0.15, 0.2) is 53.4 Å². The van der Waals surface area contributed by atoms with Crippen LogP contribution >= 0.6 is 0 Å². The maximum absolute atomic E-state index is 12.8. The fraction of sp³-hybridized carbons (Fsp3) is 0.235. The van der Waals surface area contributed by atoms with Crippen LogP contribution in [0.3, 0.4) is 0 Å². The van der Waals surface area contributed by atoms with Crippen molar-refractivity contribution in [2.45, 2.75) is 24.3 Å². The summed E-state index contributed by atoms with van der Waals surface area (Å²) >= 11 is 0. The van der Waals surface area contributed by atoms with Crippen molar-refractivity contribution in [1.29, 1.82) is 5.26 Å². The van der Waals surface area contributed by atoms with E-state index in [-0.39, 0.29) is 23.7 Å². The second-order valence-electron chi connectivity index (χ2n) is 5.27. The molecule has 0 aromatic heterocycles. The second-order valence-corrected chi connectivity index (χ2v) is 6.98. The van der Waals surface area contributed by atoms with Gasteiger partial charge in [-0.1, -0.05) is 12.1 Å². The van der Waals surface area contributed by atoms with E-state index in [2.05, 4.69) is 4.72 Å². The fourth-order valence-electron chi connectivity index (χ4n) is 2.00. The summed E-state index contributed by atoms with van der Waals surface area (Å²) in [4.78, 5) is 0.123. The van der Waals surface area contributed by atoms with Crippen LogP contribution in [0.5, 0.6) is 5.75 Å². The van der Waals surface area contributed by atoms with Gasteiger partial charge in [-0.3, -0.25) is 0 Å². The Balaban J connectivity index is 1.95. The van der Waals surface area contributed by atoms with Gasteiger partial charge in [-0.15, -0.1) is 0 Å². The van der Waals surface area contributed by atoms with Crippen LogP contribution < -0.4 is 9.46 Å². The van der Waals surface area contributed by atoms with E-state index in [1.165, 1.54) is 36.4 Å². The average Bonchev–Trinajstić information content (AvgIpc) is 2.55. The number of nitrogens with one attached hydrogen (secondary N) is 1. The molecule has 126 valence electrons. The number of nitrogens with zero attached hydrogens (tertiary/aromatic N) is 1. The Bertz CT molecular complexity index is 812. The summed E-state index contributed by atoms with van der Waals surface area (Å²) in [5.41, 5.74) is 0.754. The summed E-state index contributed by atoms with van der Waals surface area (Å²) in [6.45, 7) is 1.78. The molecule has 0 fully saturated rings. The predicted molar refractivity (Wildman–Crippen MR) is 87.4 cm³/mol. The lowest BCUT2D eigenvalue weighted by atomic mass is 10.2. The van der Waals surface area contributed by atoms with Gasteiger partial charge in [-0.2, -0.15) is 5.26 Å². The van der Waals surface area contributed by atoms with Gasteiger partial charge in [-0.25, -0.2) is 17.5 Å². The van der Waals surface area contributed by atoms with Gasteiger partial charge >= 0.3 is 0 Å². The molecule has 0 aliphatic heterocycles. The topological polar surface area (TPSA) is 79.2 Å². The first-order chi connectivity index (χ1) is 11.4. The normalized spacial score (nSPS) is 12.4. The van der Waals surface area contributed by atoms with E-state index in [1.807, 2.05) is 6.07 Å². The average molecular weight is 348 g/mol. The zero-order valence-corrected chi connectivity index (χ0v) is 13.9. The Labute approximate surface area is 140 Å². The molecule has 0 saturated heterocycles. The first-order valence-electron chi connectivity index (χ1n) is 7.27. The number of halogens is 1. The van der Waals surface area contributed by atoms with Crippen LogP contribution in [0, 0.1) is 17.1 Å². The Morgan fingerprint density at radius 2 is 1.79 bits per heavy atom. The molecule has 0 radical (unpaired) electrons. The van der Waals surface area contributed by atoms with Gasteiger partial charge < -0.3 is 4.74 Å². The van der Waals surface area contributed by atoms with E-state index in [0.29, 0.717) is 5.75 Å². The first kappa shape index (κ1) is 17.9. The molecule has 1 N–H and O–H groups in total. The van der Waals surface area contributed by atoms with Crippen LogP contribution in [-0.4, -0.2) is 21.1 Å². The lowest BCUT2D eigenvalue weighted by Crippen LogP contribution is -2.36. The summed E-state index contributed by atoms with van der Waals surface area (Å²) in [6.07, 6.45) is 0.232. The van der Waals surface area contributed by atoms with E-state index in [4.69, 9.17) is 10.00 Å². The third kappa shape index (κ3) is 5.05. The monoisotopic (exact) mass is 348 g/mol. The van der Waals surface area contributed by atoms with E-state index >= 15 is 0 Å². The van der Waals surface area contributed by atoms with Gasteiger partial charge in [0.1, 0.15) is 18.2 Å². The van der Waals surface area contributed by atoms with Crippen molar-refractivity contribution in [2.75, 3.05) is 6.61 Å². The number of hydrogen-bond donors (Lipinski definition) is 1. The predicted octanol–water partition coefficient (Wildman–Crippen LogP) is 2.64. The molecule has 0 spiro atoms. The van der Waals surface area contributed by atoms with E-state index in [9.17, 15) is 12.8 Å². The summed E-state index contributed by atoms with van der Waals surface area (Å²) in [5, 5.41) is 8.62. The molecule has 7 heteroatoms. The molecule has 2 aromatic carbocycles. The summed E-state index contributed by atoms with van der Waals surface area (Å²) < 4.78 is 45.3. The molecule has 0 aliphatic carbocycles. The molecule has 2 rings (SSSR count). The molecular weight excluding hydrogens is 331 g/mol. The van der Waals surface area contributed by atoms with Gasteiger partial charge in [0.2, 0.25) is 10.0 Å². The highest BCUT2D eigenvalue weighted by molar-refractivity contribution is 7.89. The number of sulfonamides is 1. The van der Waals surface area contributed by atoms with Crippen molar-refractivity contribution in [2.24, 2.45) is 0 Å². The Morgan fingerprint density at radius 3 is 2.38 bits per heavy atom. The minimum atomic E-state index is -3.68. The standard InChI is InChI=1S/C17H17FN2O3S/c1-13(12-23-16-6-4-15(18)5-7-16)20-24(21,22)17-8-2-14(3-9-17)10-11-19/h2-9,13,20H,10,12H2,1H3. The first-order valence-corrected chi connectivity index (χ1v) is 8.75. The number of rotatable bonds is 7. The summed E-state index contributed by atoms with van der Waals surface area (Å²) in [6, 6.07) is 13.2. The molecule has 0 bridgehead atoms. The maximum Gasteiger partial charge on any atom is 0.240 e. The van der Waals surface area contributed by atoms with Gasteiger partial charge in [0, 0.05) is 0 Å². The minimum absolute atomic E-state index is 0.109. The largest absolute Gasteiger partial charge is 0.492 e. The van der Waals surface area contributed by atoms with Gasteiger partial charge in [0.25, 0.3) is 0 Å². The molecule has 0 aliphatic rings. The zero-order valence-electron chi connectivity index (χ0n) is 13.1. The lowest BCUT2D eigenvalue weighted by molar-refractivity contribution is 0.287.